The first-order valence-electron chi connectivity index (χ1n) is 11.1. The maximum Gasteiger partial charge on any atom is 0.387 e. The summed E-state index contributed by atoms with van der Waals surface area (Å²) in [6.07, 6.45) is 1.51. The lowest BCUT2D eigenvalue weighted by Gasteiger charge is -2.30. The number of ether oxygens (including phenoxy) is 2. The number of hydrogen-bond acceptors (Lipinski definition) is 6. The van der Waals surface area contributed by atoms with E-state index in [4.69, 9.17) is 9.47 Å². The Morgan fingerprint density at radius 1 is 1.21 bits per heavy atom. The second-order valence-electron chi connectivity index (χ2n) is 8.22. The molecule has 1 aromatic heterocycles. The van der Waals surface area contributed by atoms with Gasteiger partial charge in [0.15, 0.2) is 0 Å². The van der Waals surface area contributed by atoms with Gasteiger partial charge in [-0.2, -0.15) is 8.78 Å². The molecular weight excluding hydrogens is 460 g/mol. The van der Waals surface area contributed by atoms with Crippen molar-refractivity contribution in [3.05, 3.63) is 58.5 Å². The number of aromatic nitrogens is 1. The summed E-state index contributed by atoms with van der Waals surface area (Å²) in [7, 11) is 1.56. The number of hydrogen-bond donors (Lipinski definition) is 1. The molecule has 0 unspecified atom stereocenters. The third-order valence-electron chi connectivity index (χ3n) is 5.87. The largest absolute Gasteiger partial charge is 0.497 e. The third-order valence-corrected chi connectivity index (χ3v) is 6.70. The van der Waals surface area contributed by atoms with E-state index in [9.17, 15) is 13.6 Å². The van der Waals surface area contributed by atoms with E-state index in [-0.39, 0.29) is 17.6 Å². The van der Waals surface area contributed by atoms with E-state index >= 15 is 0 Å². The van der Waals surface area contributed by atoms with Gasteiger partial charge in [-0.25, -0.2) is 4.98 Å². The minimum Gasteiger partial charge on any atom is -0.497 e. The van der Waals surface area contributed by atoms with E-state index in [0.29, 0.717) is 22.6 Å². The molecule has 0 radical (unpaired) electrons. The average Bonchev–Trinajstić information content (AvgIpc) is 3.24. The number of thiazole rings is 1. The first-order valence-corrected chi connectivity index (χ1v) is 12.0. The van der Waals surface area contributed by atoms with Gasteiger partial charge in [-0.05, 0) is 68.8 Å². The van der Waals surface area contributed by atoms with Gasteiger partial charge in [-0.15, -0.1) is 11.3 Å². The summed E-state index contributed by atoms with van der Waals surface area (Å²) < 4.78 is 35.8. The Bertz CT molecular complexity index is 1110. The highest BCUT2D eigenvalue weighted by atomic mass is 32.1. The second-order valence-corrected chi connectivity index (χ2v) is 9.28. The molecule has 0 bridgehead atoms. The number of halogens is 2. The second kappa shape index (κ2) is 10.9. The van der Waals surface area contributed by atoms with Crippen LogP contribution >= 0.6 is 11.3 Å². The van der Waals surface area contributed by atoms with Gasteiger partial charge in [-0.1, -0.05) is 12.1 Å². The van der Waals surface area contributed by atoms with Crippen molar-refractivity contribution < 1.29 is 23.0 Å². The lowest BCUT2D eigenvalue weighted by molar-refractivity contribution is -0.121. The molecule has 1 aliphatic rings. The number of amides is 1. The van der Waals surface area contributed by atoms with Crippen LogP contribution in [0.15, 0.2) is 47.8 Å². The number of nitrogens with zero attached hydrogens (tertiary/aromatic N) is 2. The number of carbonyl (C=O) groups is 1. The van der Waals surface area contributed by atoms with Gasteiger partial charge in [0.1, 0.15) is 11.5 Å². The Morgan fingerprint density at radius 2 is 1.94 bits per heavy atom. The lowest BCUT2D eigenvalue weighted by atomic mass is 9.95. The van der Waals surface area contributed by atoms with Crippen LogP contribution in [0.4, 0.5) is 14.5 Å². The minimum absolute atomic E-state index is 0.0451. The molecule has 3 aromatic rings. The predicted octanol–water partition coefficient (Wildman–Crippen LogP) is 5.58. The smallest absolute Gasteiger partial charge is 0.387 e. The molecule has 4 rings (SSSR count). The summed E-state index contributed by atoms with van der Waals surface area (Å²) in [6, 6.07) is 11.7. The van der Waals surface area contributed by atoms with Crippen molar-refractivity contribution in [1.82, 2.24) is 9.88 Å². The number of benzene rings is 2. The number of rotatable bonds is 8. The lowest BCUT2D eigenvalue weighted by Crippen LogP contribution is -2.37. The minimum atomic E-state index is -2.95. The Kier molecular flexibility index (Phi) is 7.74. The fourth-order valence-electron chi connectivity index (χ4n) is 4.11. The maximum absolute atomic E-state index is 12.9. The van der Waals surface area contributed by atoms with Crippen LogP contribution in [0, 0.1) is 12.8 Å². The summed E-state index contributed by atoms with van der Waals surface area (Å²) in [5, 5.41) is 6.09. The van der Waals surface area contributed by atoms with Gasteiger partial charge in [0.05, 0.1) is 17.8 Å². The zero-order chi connectivity index (χ0) is 24.1. The van der Waals surface area contributed by atoms with Gasteiger partial charge < -0.3 is 14.8 Å². The molecule has 6 nitrogen and oxygen atoms in total. The average molecular weight is 488 g/mol. The number of piperidine rings is 1. The monoisotopic (exact) mass is 487 g/mol. The van der Waals surface area contributed by atoms with Crippen LogP contribution < -0.4 is 14.8 Å². The van der Waals surface area contributed by atoms with Crippen molar-refractivity contribution in [3.63, 3.8) is 0 Å². The Labute approximate surface area is 201 Å². The normalized spacial score (nSPS) is 14.9. The molecule has 0 atom stereocenters. The van der Waals surface area contributed by atoms with E-state index in [1.165, 1.54) is 6.07 Å². The fraction of sp³-hybridized carbons (Fsp3) is 0.360. The van der Waals surface area contributed by atoms with E-state index in [2.05, 4.69) is 20.6 Å². The molecule has 2 aromatic carbocycles. The van der Waals surface area contributed by atoms with E-state index in [1.54, 1.807) is 54.8 Å². The standard InChI is InChI=1S/C25H27F2N3O3S/c1-16-28-20(15-34-16)14-30-11-9-18(10-12-30)24(31)29-19-5-8-23(33-25(26)27)22(13-19)17-3-6-21(32-2)7-4-17/h3-8,13,15,18,25H,9-12,14H2,1-2H3,(H,29,31). The molecule has 0 saturated carbocycles. The van der Waals surface area contributed by atoms with Gasteiger partial charge in [-0.3, -0.25) is 9.69 Å². The molecule has 0 spiro atoms. The quantitative estimate of drug-likeness (QED) is 0.450. The highest BCUT2D eigenvalue weighted by Gasteiger charge is 2.25. The van der Waals surface area contributed by atoms with Gasteiger partial charge in [0.25, 0.3) is 0 Å². The van der Waals surface area contributed by atoms with Gasteiger partial charge in [0, 0.05) is 29.1 Å². The number of aryl methyl sites for hydroxylation is 1. The van der Waals surface area contributed by atoms with Crippen LogP contribution in [0.1, 0.15) is 23.5 Å². The van der Waals surface area contributed by atoms with Crippen LogP contribution in [0.25, 0.3) is 11.1 Å². The number of carbonyl (C=O) groups excluding carboxylic acids is 1. The van der Waals surface area contributed by atoms with Crippen LogP contribution in [0.3, 0.4) is 0 Å². The molecular formula is C25H27F2N3O3S. The fourth-order valence-corrected chi connectivity index (χ4v) is 4.71. The number of nitrogens with one attached hydrogen (secondary N) is 1. The molecule has 2 heterocycles. The molecule has 1 saturated heterocycles. The third kappa shape index (κ3) is 6.09. The SMILES string of the molecule is COc1ccc(-c2cc(NC(=O)C3CCN(Cc4csc(C)n4)CC3)ccc2OC(F)F)cc1. The molecule has 1 N–H and O–H groups in total. The number of alkyl halides is 2. The molecule has 1 fully saturated rings. The maximum atomic E-state index is 12.9. The van der Waals surface area contributed by atoms with E-state index in [1.807, 2.05) is 6.92 Å². The van der Waals surface area contributed by atoms with Crippen molar-refractivity contribution >= 4 is 22.9 Å². The molecule has 180 valence electrons. The van der Waals surface area contributed by atoms with Crippen molar-refractivity contribution in [1.29, 1.82) is 0 Å². The van der Waals surface area contributed by atoms with Crippen molar-refractivity contribution in [2.45, 2.75) is 32.9 Å². The molecule has 9 heteroatoms. The number of anilines is 1. The first kappa shape index (κ1) is 24.1. The zero-order valence-corrected chi connectivity index (χ0v) is 19.9. The summed E-state index contributed by atoms with van der Waals surface area (Å²) in [5.74, 6) is 0.534. The Balaban J connectivity index is 1.42. The predicted molar refractivity (Wildman–Crippen MR) is 129 cm³/mol. The first-order chi connectivity index (χ1) is 16.4. The molecule has 1 amide bonds. The summed E-state index contributed by atoms with van der Waals surface area (Å²) in [5.41, 5.74) is 2.76. The molecule has 34 heavy (non-hydrogen) atoms. The highest BCUT2D eigenvalue weighted by molar-refractivity contribution is 7.09. The number of likely N-dealkylation sites (tertiary alicyclic amines) is 1. The van der Waals surface area contributed by atoms with Crippen LogP contribution in [-0.2, 0) is 11.3 Å². The number of methoxy groups -OCH3 is 1. The van der Waals surface area contributed by atoms with Crippen LogP contribution in [0.2, 0.25) is 0 Å². The summed E-state index contributed by atoms with van der Waals surface area (Å²) in [4.78, 5) is 19.8. The van der Waals surface area contributed by atoms with Gasteiger partial charge in [0.2, 0.25) is 5.91 Å². The van der Waals surface area contributed by atoms with Crippen molar-refractivity contribution in [2.75, 3.05) is 25.5 Å². The Hall–Kier alpha value is -3.04. The molecule has 0 aliphatic carbocycles. The zero-order valence-electron chi connectivity index (χ0n) is 19.1. The van der Waals surface area contributed by atoms with Gasteiger partial charge >= 0.3 is 6.61 Å². The summed E-state index contributed by atoms with van der Waals surface area (Å²) >= 11 is 1.65. The molecule has 1 aliphatic heterocycles. The van der Waals surface area contributed by atoms with E-state index < -0.39 is 6.61 Å². The van der Waals surface area contributed by atoms with Crippen LogP contribution in [-0.4, -0.2) is 42.6 Å². The van der Waals surface area contributed by atoms with Crippen molar-refractivity contribution in [3.8, 4) is 22.6 Å². The van der Waals surface area contributed by atoms with Crippen molar-refractivity contribution in [2.24, 2.45) is 5.92 Å². The highest BCUT2D eigenvalue weighted by Crippen LogP contribution is 2.35. The van der Waals surface area contributed by atoms with Crippen LogP contribution in [0.5, 0.6) is 11.5 Å². The topological polar surface area (TPSA) is 63.7 Å². The Morgan fingerprint density at radius 3 is 2.56 bits per heavy atom. The van der Waals surface area contributed by atoms with E-state index in [0.717, 1.165) is 43.2 Å². The summed E-state index contributed by atoms with van der Waals surface area (Å²) in [6.45, 7) is 1.50.